The second kappa shape index (κ2) is 6.63. The van der Waals surface area contributed by atoms with Crippen LogP contribution in [0.5, 0.6) is 0 Å². The summed E-state index contributed by atoms with van der Waals surface area (Å²) < 4.78 is 0. The molecule has 0 radical (unpaired) electrons. The number of primary amides is 1. The maximum Gasteiger partial charge on any atom is 0.229 e. The van der Waals surface area contributed by atoms with Crippen LogP contribution in [0.2, 0.25) is 0 Å². The van der Waals surface area contributed by atoms with Gasteiger partial charge >= 0.3 is 0 Å². The van der Waals surface area contributed by atoms with Gasteiger partial charge in [0.1, 0.15) is 6.42 Å². The van der Waals surface area contributed by atoms with E-state index in [0.717, 1.165) is 25.7 Å². The third kappa shape index (κ3) is 4.99. The van der Waals surface area contributed by atoms with Gasteiger partial charge in [-0.2, -0.15) is 0 Å². The van der Waals surface area contributed by atoms with E-state index in [1.807, 2.05) is 0 Å². The molecule has 0 heterocycles. The van der Waals surface area contributed by atoms with Crippen LogP contribution in [0.3, 0.4) is 0 Å². The van der Waals surface area contributed by atoms with Crippen LogP contribution in [0.25, 0.3) is 0 Å². The molecule has 2 amide bonds. The molecule has 0 aliphatic heterocycles. The van der Waals surface area contributed by atoms with E-state index in [1.54, 1.807) is 0 Å². The fourth-order valence-electron chi connectivity index (χ4n) is 1.75. The molecule has 5 N–H and O–H groups in total. The van der Waals surface area contributed by atoms with E-state index in [4.69, 9.17) is 11.5 Å². The highest BCUT2D eigenvalue weighted by atomic mass is 35.5. The van der Waals surface area contributed by atoms with Crippen LogP contribution in [0, 0.1) is 0 Å². The minimum atomic E-state index is -0.605. The molecule has 0 saturated heterocycles. The molecule has 0 unspecified atom stereocenters. The second-order valence-electron chi connectivity index (χ2n) is 3.77. The summed E-state index contributed by atoms with van der Waals surface area (Å²) >= 11 is 0. The van der Waals surface area contributed by atoms with Gasteiger partial charge in [0.05, 0.1) is 0 Å². The molecule has 5 nitrogen and oxygen atoms in total. The van der Waals surface area contributed by atoms with Gasteiger partial charge < -0.3 is 16.8 Å². The Morgan fingerprint density at radius 1 is 1.27 bits per heavy atom. The van der Waals surface area contributed by atoms with Gasteiger partial charge in [0.25, 0.3) is 0 Å². The highest BCUT2D eigenvalue weighted by Gasteiger charge is 2.23. The van der Waals surface area contributed by atoms with Crippen molar-refractivity contribution < 1.29 is 9.59 Å². The summed E-state index contributed by atoms with van der Waals surface area (Å²) in [6.45, 7) is 0. The Morgan fingerprint density at radius 3 is 2.40 bits per heavy atom. The lowest BCUT2D eigenvalue weighted by Crippen LogP contribution is -2.49. The quantitative estimate of drug-likeness (QED) is 0.584. The highest BCUT2D eigenvalue weighted by molar-refractivity contribution is 5.96. The summed E-state index contributed by atoms with van der Waals surface area (Å²) in [5.41, 5.74) is 10.7. The fraction of sp³-hybridized carbons (Fsp3) is 0.778. The number of nitrogens with one attached hydrogen (secondary N) is 1. The molecule has 0 spiro atoms. The lowest BCUT2D eigenvalue weighted by atomic mass is 9.91. The van der Waals surface area contributed by atoms with Crippen molar-refractivity contribution in [1.82, 2.24) is 5.32 Å². The number of carbonyl (C=O) groups excluding carboxylic acids is 2. The standard InChI is InChI=1S/C9H17N3O2.ClH/c10-6-3-1-2-4-7(6)12-9(14)5-8(11)13;/h6-7H,1-5,10H2,(H2,11,13)(H,12,14);1H/t6-,7-;/m1./s1. The van der Waals surface area contributed by atoms with E-state index in [9.17, 15) is 9.59 Å². The summed E-state index contributed by atoms with van der Waals surface area (Å²) in [7, 11) is 0. The highest BCUT2D eigenvalue weighted by Crippen LogP contribution is 2.16. The summed E-state index contributed by atoms with van der Waals surface area (Å²) in [6.07, 6.45) is 3.77. The van der Waals surface area contributed by atoms with Crippen molar-refractivity contribution in [3.8, 4) is 0 Å². The van der Waals surface area contributed by atoms with Crippen LogP contribution in [-0.2, 0) is 9.59 Å². The third-order valence-electron chi connectivity index (χ3n) is 2.50. The molecule has 1 saturated carbocycles. The van der Waals surface area contributed by atoms with Crippen molar-refractivity contribution in [2.75, 3.05) is 0 Å². The molecule has 15 heavy (non-hydrogen) atoms. The van der Waals surface area contributed by atoms with Crippen LogP contribution < -0.4 is 16.8 Å². The van der Waals surface area contributed by atoms with Crippen molar-refractivity contribution in [2.24, 2.45) is 11.5 Å². The van der Waals surface area contributed by atoms with Gasteiger partial charge in [0.15, 0.2) is 0 Å². The molecule has 1 aliphatic carbocycles. The molecule has 6 heteroatoms. The SMILES string of the molecule is Cl.NC(=O)CC(=O)N[C@@H]1CCCC[C@H]1N. The zero-order valence-electron chi connectivity index (χ0n) is 8.57. The van der Waals surface area contributed by atoms with Crippen molar-refractivity contribution in [3.05, 3.63) is 0 Å². The monoisotopic (exact) mass is 235 g/mol. The van der Waals surface area contributed by atoms with Gasteiger partial charge in [-0.3, -0.25) is 9.59 Å². The molecular weight excluding hydrogens is 218 g/mol. The van der Waals surface area contributed by atoms with Gasteiger partial charge in [-0.25, -0.2) is 0 Å². The molecule has 2 atom stereocenters. The summed E-state index contributed by atoms with van der Waals surface area (Å²) in [6, 6.07) is 0.0242. The minimum Gasteiger partial charge on any atom is -0.369 e. The van der Waals surface area contributed by atoms with E-state index >= 15 is 0 Å². The van der Waals surface area contributed by atoms with Crippen molar-refractivity contribution in [1.29, 1.82) is 0 Å². The number of rotatable bonds is 3. The van der Waals surface area contributed by atoms with E-state index < -0.39 is 5.91 Å². The Balaban J connectivity index is 0.00000196. The van der Waals surface area contributed by atoms with Gasteiger partial charge in [0.2, 0.25) is 11.8 Å². The molecule has 0 aromatic heterocycles. The normalized spacial score (nSPS) is 25.1. The predicted octanol–water partition coefficient (Wildman–Crippen LogP) is -0.330. The Kier molecular flexibility index (Phi) is 6.27. The maximum atomic E-state index is 11.2. The van der Waals surface area contributed by atoms with Crippen molar-refractivity contribution in [3.63, 3.8) is 0 Å². The average Bonchev–Trinajstić information content (AvgIpc) is 2.07. The number of hydrogen-bond acceptors (Lipinski definition) is 3. The zero-order chi connectivity index (χ0) is 10.6. The molecule has 0 bridgehead atoms. The van der Waals surface area contributed by atoms with Crippen molar-refractivity contribution >= 4 is 24.2 Å². The summed E-state index contributed by atoms with van der Waals surface area (Å²) in [5.74, 6) is -0.924. The minimum absolute atomic E-state index is 0. The van der Waals surface area contributed by atoms with E-state index in [-0.39, 0.29) is 36.8 Å². The number of hydrogen-bond donors (Lipinski definition) is 3. The molecule has 0 aromatic rings. The Hall–Kier alpha value is -0.810. The second-order valence-corrected chi connectivity index (χ2v) is 3.77. The summed E-state index contributed by atoms with van der Waals surface area (Å²) in [5, 5.41) is 2.74. The predicted molar refractivity (Wildman–Crippen MR) is 59.4 cm³/mol. The van der Waals surface area contributed by atoms with E-state index in [2.05, 4.69) is 5.32 Å². The fourth-order valence-corrected chi connectivity index (χ4v) is 1.75. The molecule has 0 aromatic carbocycles. The first-order chi connectivity index (χ1) is 6.59. The lowest BCUT2D eigenvalue weighted by Gasteiger charge is -2.29. The van der Waals surface area contributed by atoms with Crippen LogP contribution in [0.15, 0.2) is 0 Å². The largest absolute Gasteiger partial charge is 0.369 e. The van der Waals surface area contributed by atoms with Gasteiger partial charge in [-0.05, 0) is 12.8 Å². The molecular formula is C9H18ClN3O2. The Bertz CT molecular complexity index is 235. The molecule has 1 rings (SSSR count). The van der Waals surface area contributed by atoms with Gasteiger partial charge in [0, 0.05) is 12.1 Å². The van der Waals surface area contributed by atoms with E-state index in [0.29, 0.717) is 0 Å². The molecule has 88 valence electrons. The van der Waals surface area contributed by atoms with Crippen LogP contribution in [0.4, 0.5) is 0 Å². The number of nitrogens with two attached hydrogens (primary N) is 2. The van der Waals surface area contributed by atoms with E-state index in [1.165, 1.54) is 0 Å². The zero-order valence-corrected chi connectivity index (χ0v) is 9.39. The van der Waals surface area contributed by atoms with Crippen LogP contribution in [-0.4, -0.2) is 23.9 Å². The topological polar surface area (TPSA) is 98.2 Å². The first-order valence-corrected chi connectivity index (χ1v) is 4.93. The summed E-state index contributed by atoms with van der Waals surface area (Å²) in [4.78, 5) is 21.7. The smallest absolute Gasteiger partial charge is 0.229 e. The Labute approximate surface area is 95.4 Å². The van der Waals surface area contributed by atoms with Crippen molar-refractivity contribution in [2.45, 2.75) is 44.2 Å². The molecule has 1 aliphatic rings. The number of halogens is 1. The first kappa shape index (κ1) is 14.2. The number of amides is 2. The molecule has 1 fully saturated rings. The van der Waals surface area contributed by atoms with Gasteiger partial charge in [-0.15, -0.1) is 12.4 Å². The lowest BCUT2D eigenvalue weighted by molar-refractivity contribution is -0.128. The number of carbonyl (C=O) groups is 2. The van der Waals surface area contributed by atoms with Crippen LogP contribution >= 0.6 is 12.4 Å². The Morgan fingerprint density at radius 2 is 1.87 bits per heavy atom. The average molecular weight is 236 g/mol. The van der Waals surface area contributed by atoms with Crippen LogP contribution in [0.1, 0.15) is 32.1 Å². The third-order valence-corrected chi connectivity index (χ3v) is 2.50. The maximum absolute atomic E-state index is 11.2. The first-order valence-electron chi connectivity index (χ1n) is 4.93. The van der Waals surface area contributed by atoms with Gasteiger partial charge in [-0.1, -0.05) is 12.8 Å².